The summed E-state index contributed by atoms with van der Waals surface area (Å²) in [5, 5.41) is 5.05. The largest absolute Gasteiger partial charge is 0.334 e. The normalized spacial score (nSPS) is 28.0. The van der Waals surface area contributed by atoms with Crippen molar-refractivity contribution in [1.82, 2.24) is 0 Å². The summed E-state index contributed by atoms with van der Waals surface area (Å²) in [4.78, 5) is 26.5. The molecule has 0 spiro atoms. The molecule has 3 rings (SSSR count). The lowest BCUT2D eigenvalue weighted by molar-refractivity contribution is -0.715. The van der Waals surface area contributed by atoms with Crippen molar-refractivity contribution in [1.29, 1.82) is 0 Å². The quantitative estimate of drug-likeness (QED) is 0.887. The summed E-state index contributed by atoms with van der Waals surface area (Å²) in [6.45, 7) is 6.67. The zero-order valence-electron chi connectivity index (χ0n) is 14.8. The second kappa shape index (κ2) is 6.93. The topological polar surface area (TPSA) is 66.0 Å². The first-order chi connectivity index (χ1) is 11.5. The highest BCUT2D eigenvalue weighted by Gasteiger charge is 2.36. The number of para-hydroxylation sites is 2. The number of hydrogen-bond acceptors (Lipinski definition) is 2. The molecule has 0 bridgehead atoms. The third-order valence-electron chi connectivity index (χ3n) is 5.73. The van der Waals surface area contributed by atoms with Gasteiger partial charge in [-0.3, -0.25) is 14.5 Å². The molecule has 3 N–H and O–H groups in total. The smallest absolute Gasteiger partial charge is 0.285 e. The Labute approximate surface area is 143 Å². The molecule has 1 heterocycles. The maximum absolute atomic E-state index is 13.0. The van der Waals surface area contributed by atoms with E-state index in [-0.39, 0.29) is 24.4 Å². The average molecular weight is 330 g/mol. The molecule has 5 heteroatoms. The van der Waals surface area contributed by atoms with Crippen LogP contribution >= 0.6 is 0 Å². The SMILES string of the molecule is C[C@@H]1[C@H](C)CCC[C@@H]1[NH2+][C@@H](C)C(=O)N1CC(=O)Nc2ccccc21. The summed E-state index contributed by atoms with van der Waals surface area (Å²) >= 11 is 0. The predicted molar refractivity (Wildman–Crippen MR) is 94.8 cm³/mol. The van der Waals surface area contributed by atoms with E-state index in [1.54, 1.807) is 4.90 Å². The van der Waals surface area contributed by atoms with Gasteiger partial charge >= 0.3 is 0 Å². The van der Waals surface area contributed by atoms with Gasteiger partial charge in [0.05, 0.1) is 17.4 Å². The fourth-order valence-corrected chi connectivity index (χ4v) is 4.02. The molecule has 1 aliphatic carbocycles. The van der Waals surface area contributed by atoms with Crippen LogP contribution in [0, 0.1) is 11.8 Å². The Morgan fingerprint density at radius 2 is 2.04 bits per heavy atom. The molecule has 2 aliphatic rings. The fourth-order valence-electron chi connectivity index (χ4n) is 4.02. The van der Waals surface area contributed by atoms with E-state index in [1.807, 2.05) is 31.2 Å². The Hall–Kier alpha value is -1.88. The van der Waals surface area contributed by atoms with Crippen LogP contribution in [0.3, 0.4) is 0 Å². The summed E-state index contributed by atoms with van der Waals surface area (Å²) < 4.78 is 0. The average Bonchev–Trinajstić information content (AvgIpc) is 2.57. The van der Waals surface area contributed by atoms with Gasteiger partial charge in [-0.1, -0.05) is 26.0 Å². The molecule has 1 aromatic rings. The number of carbonyl (C=O) groups is 2. The second-order valence-electron chi connectivity index (χ2n) is 7.40. The van der Waals surface area contributed by atoms with Crippen LogP contribution in [0.5, 0.6) is 0 Å². The molecule has 1 fully saturated rings. The van der Waals surface area contributed by atoms with Gasteiger partial charge < -0.3 is 10.6 Å². The van der Waals surface area contributed by atoms with Gasteiger partial charge in [-0.2, -0.15) is 0 Å². The number of nitrogens with one attached hydrogen (secondary N) is 1. The predicted octanol–water partition coefficient (Wildman–Crippen LogP) is 1.75. The third-order valence-corrected chi connectivity index (χ3v) is 5.73. The highest BCUT2D eigenvalue weighted by atomic mass is 16.2. The van der Waals surface area contributed by atoms with Gasteiger partial charge in [0.1, 0.15) is 6.54 Å². The second-order valence-corrected chi connectivity index (χ2v) is 7.40. The summed E-state index contributed by atoms with van der Waals surface area (Å²) in [5.41, 5.74) is 1.52. The van der Waals surface area contributed by atoms with Crippen LogP contribution in [0.15, 0.2) is 24.3 Å². The molecule has 5 nitrogen and oxygen atoms in total. The van der Waals surface area contributed by atoms with Gasteiger partial charge in [0.15, 0.2) is 6.04 Å². The molecule has 1 aromatic carbocycles. The Morgan fingerprint density at radius 1 is 1.29 bits per heavy atom. The van der Waals surface area contributed by atoms with Gasteiger partial charge in [-0.05, 0) is 44.2 Å². The Balaban J connectivity index is 1.73. The van der Waals surface area contributed by atoms with Crippen molar-refractivity contribution in [2.75, 3.05) is 16.8 Å². The van der Waals surface area contributed by atoms with E-state index >= 15 is 0 Å². The van der Waals surface area contributed by atoms with Crippen LogP contribution in [0.1, 0.15) is 40.0 Å². The lowest BCUT2D eigenvalue weighted by Gasteiger charge is -2.35. The molecule has 1 aliphatic heterocycles. The van der Waals surface area contributed by atoms with E-state index in [0.29, 0.717) is 23.6 Å². The summed E-state index contributed by atoms with van der Waals surface area (Å²) in [6.07, 6.45) is 3.69. The lowest BCUT2D eigenvalue weighted by atomic mass is 9.78. The van der Waals surface area contributed by atoms with E-state index in [2.05, 4.69) is 24.5 Å². The third kappa shape index (κ3) is 3.31. The van der Waals surface area contributed by atoms with E-state index in [1.165, 1.54) is 19.3 Å². The van der Waals surface area contributed by atoms with Crippen molar-refractivity contribution < 1.29 is 14.9 Å². The van der Waals surface area contributed by atoms with Crippen molar-refractivity contribution in [3.05, 3.63) is 24.3 Å². The molecule has 0 unspecified atom stereocenters. The van der Waals surface area contributed by atoms with E-state index in [0.717, 1.165) is 5.69 Å². The van der Waals surface area contributed by atoms with Crippen LogP contribution in [0.4, 0.5) is 11.4 Å². The van der Waals surface area contributed by atoms with Gasteiger partial charge in [-0.25, -0.2) is 0 Å². The van der Waals surface area contributed by atoms with Crippen molar-refractivity contribution in [3.63, 3.8) is 0 Å². The summed E-state index contributed by atoms with van der Waals surface area (Å²) in [7, 11) is 0. The number of carbonyl (C=O) groups excluding carboxylic acids is 2. The molecular weight excluding hydrogens is 302 g/mol. The minimum Gasteiger partial charge on any atom is -0.334 e. The Morgan fingerprint density at radius 3 is 2.83 bits per heavy atom. The summed E-state index contributed by atoms with van der Waals surface area (Å²) in [6, 6.07) is 7.81. The zero-order chi connectivity index (χ0) is 17.3. The number of nitrogens with two attached hydrogens (primary N) is 1. The van der Waals surface area contributed by atoms with Crippen molar-refractivity contribution in [2.45, 2.75) is 52.1 Å². The van der Waals surface area contributed by atoms with Crippen molar-refractivity contribution >= 4 is 23.2 Å². The highest BCUT2D eigenvalue weighted by Crippen LogP contribution is 2.30. The molecule has 0 aromatic heterocycles. The van der Waals surface area contributed by atoms with Crippen LogP contribution < -0.4 is 15.5 Å². The number of nitrogens with zero attached hydrogens (tertiary/aromatic N) is 1. The number of fused-ring (bicyclic) bond motifs is 1. The van der Waals surface area contributed by atoms with Gasteiger partial charge in [0, 0.05) is 5.92 Å². The molecule has 0 saturated heterocycles. The van der Waals surface area contributed by atoms with Crippen LogP contribution in [0.2, 0.25) is 0 Å². The molecule has 1 saturated carbocycles. The maximum atomic E-state index is 13.0. The van der Waals surface area contributed by atoms with Gasteiger partial charge in [0.25, 0.3) is 5.91 Å². The number of hydrogen-bond donors (Lipinski definition) is 2. The molecule has 24 heavy (non-hydrogen) atoms. The molecule has 130 valence electrons. The fraction of sp³-hybridized carbons (Fsp3) is 0.579. The molecular formula is C19H28N3O2+. The number of quaternary nitrogens is 1. The van der Waals surface area contributed by atoms with Gasteiger partial charge in [-0.15, -0.1) is 0 Å². The minimum atomic E-state index is -0.179. The molecule has 4 atom stereocenters. The lowest BCUT2D eigenvalue weighted by Crippen LogP contribution is -2.98. The van der Waals surface area contributed by atoms with Crippen LogP contribution in [-0.4, -0.2) is 30.4 Å². The number of rotatable bonds is 3. The van der Waals surface area contributed by atoms with Crippen molar-refractivity contribution in [2.24, 2.45) is 11.8 Å². The van der Waals surface area contributed by atoms with Crippen molar-refractivity contribution in [3.8, 4) is 0 Å². The Kier molecular flexibility index (Phi) is 4.90. The standard InChI is InChI=1S/C19H27N3O2/c1-12-7-6-9-15(13(12)2)20-14(3)19(24)22-11-18(23)21-16-8-4-5-10-17(16)22/h4-5,8,10,12-15,20H,6-7,9,11H2,1-3H3,(H,21,23)/p+1/t12-,13-,14+,15+/m1/s1. The van der Waals surface area contributed by atoms with Crippen LogP contribution in [0.25, 0.3) is 0 Å². The van der Waals surface area contributed by atoms with E-state index in [4.69, 9.17) is 0 Å². The first-order valence-corrected chi connectivity index (χ1v) is 9.02. The zero-order valence-corrected chi connectivity index (χ0v) is 14.8. The number of amides is 2. The number of anilines is 2. The monoisotopic (exact) mass is 330 g/mol. The van der Waals surface area contributed by atoms with Crippen LogP contribution in [-0.2, 0) is 9.59 Å². The minimum absolute atomic E-state index is 0.0164. The Bertz CT molecular complexity index is 631. The van der Waals surface area contributed by atoms with E-state index in [9.17, 15) is 9.59 Å². The number of benzene rings is 1. The van der Waals surface area contributed by atoms with E-state index < -0.39 is 0 Å². The molecule has 2 amide bonds. The first-order valence-electron chi connectivity index (χ1n) is 9.02. The maximum Gasteiger partial charge on any atom is 0.285 e. The van der Waals surface area contributed by atoms with Gasteiger partial charge in [0.2, 0.25) is 5.91 Å². The molecule has 0 radical (unpaired) electrons. The highest BCUT2D eigenvalue weighted by molar-refractivity contribution is 6.10. The summed E-state index contributed by atoms with van der Waals surface area (Å²) in [5.74, 6) is 1.21. The first kappa shape index (κ1) is 17.0.